The molecule has 2 amide bonds. The third-order valence-electron chi connectivity index (χ3n) is 4.77. The number of piperidine rings is 1. The summed E-state index contributed by atoms with van der Waals surface area (Å²) < 4.78 is 5.93. The van der Waals surface area contributed by atoms with Gasteiger partial charge in [0.15, 0.2) is 5.75 Å². The van der Waals surface area contributed by atoms with Crippen molar-refractivity contribution in [2.75, 3.05) is 18.4 Å². The number of aromatic nitrogens is 2. The summed E-state index contributed by atoms with van der Waals surface area (Å²) in [5, 5.41) is 10.1. The molecule has 0 aliphatic carbocycles. The van der Waals surface area contributed by atoms with Gasteiger partial charge in [-0.15, -0.1) is 0 Å². The van der Waals surface area contributed by atoms with Crippen LogP contribution in [0.5, 0.6) is 11.5 Å². The molecule has 1 aliphatic rings. The fraction of sp³-hybridized carbons (Fsp3) is 0.238. The second kappa shape index (κ2) is 7.95. The second-order valence-corrected chi connectivity index (χ2v) is 6.64. The lowest BCUT2D eigenvalue weighted by atomic mass is 9.95. The lowest BCUT2D eigenvalue weighted by molar-refractivity contribution is 0.192. The summed E-state index contributed by atoms with van der Waals surface area (Å²) in [4.78, 5) is 14.7. The Bertz CT molecular complexity index is 880. The molecule has 0 spiro atoms. The van der Waals surface area contributed by atoms with E-state index in [2.05, 4.69) is 15.5 Å². The smallest absolute Gasteiger partial charge is 0.321 e. The van der Waals surface area contributed by atoms with Crippen molar-refractivity contribution in [2.24, 2.45) is 0 Å². The molecule has 1 atom stereocenters. The number of ether oxygens (including phenoxy) is 1. The van der Waals surface area contributed by atoms with Crippen LogP contribution in [0.1, 0.15) is 24.5 Å². The number of hydrogen-bond acceptors (Lipinski definition) is 3. The largest absolute Gasteiger partial charge is 0.455 e. The molecule has 6 nitrogen and oxygen atoms in total. The monoisotopic (exact) mass is 362 g/mol. The molecule has 6 heteroatoms. The molecule has 2 N–H and O–H groups in total. The highest BCUT2D eigenvalue weighted by Gasteiger charge is 2.26. The molecule has 2 heterocycles. The average Bonchev–Trinajstić information content (AvgIpc) is 3.25. The van der Waals surface area contributed by atoms with Gasteiger partial charge in [0.05, 0.1) is 5.69 Å². The first-order valence-electron chi connectivity index (χ1n) is 9.17. The van der Waals surface area contributed by atoms with Gasteiger partial charge < -0.3 is 15.0 Å². The van der Waals surface area contributed by atoms with Crippen LogP contribution in [-0.4, -0.2) is 34.2 Å². The molecule has 3 aromatic rings. The van der Waals surface area contributed by atoms with Gasteiger partial charge in [-0.25, -0.2) is 4.79 Å². The number of benzene rings is 2. The van der Waals surface area contributed by atoms with Gasteiger partial charge in [-0.1, -0.05) is 30.3 Å². The Kier molecular flexibility index (Phi) is 5.05. The molecular weight excluding hydrogens is 340 g/mol. The van der Waals surface area contributed by atoms with E-state index in [0.717, 1.165) is 30.8 Å². The Morgan fingerprint density at radius 1 is 1.11 bits per heavy atom. The van der Waals surface area contributed by atoms with Crippen molar-refractivity contribution in [2.45, 2.75) is 18.8 Å². The molecule has 1 aromatic heterocycles. The SMILES string of the molecule is O=C(Nc1ccccc1Oc1ccccc1)N1CCC[C@@H](c2ccn[nH]2)C1. The Labute approximate surface area is 158 Å². The third-order valence-corrected chi connectivity index (χ3v) is 4.77. The quantitative estimate of drug-likeness (QED) is 0.712. The first-order chi connectivity index (χ1) is 13.3. The number of amides is 2. The van der Waals surface area contributed by atoms with Gasteiger partial charge >= 0.3 is 6.03 Å². The number of hydrogen-bond donors (Lipinski definition) is 2. The minimum absolute atomic E-state index is 0.108. The van der Waals surface area contributed by atoms with E-state index in [4.69, 9.17) is 4.74 Å². The maximum atomic E-state index is 12.8. The number of carbonyl (C=O) groups excluding carboxylic acids is 1. The molecule has 2 aromatic carbocycles. The fourth-order valence-corrected chi connectivity index (χ4v) is 3.38. The van der Waals surface area contributed by atoms with E-state index in [0.29, 0.717) is 23.9 Å². The zero-order valence-electron chi connectivity index (χ0n) is 15.0. The van der Waals surface area contributed by atoms with Crippen LogP contribution in [0.25, 0.3) is 0 Å². The topological polar surface area (TPSA) is 70.2 Å². The van der Waals surface area contributed by atoms with Crippen molar-refractivity contribution < 1.29 is 9.53 Å². The number of likely N-dealkylation sites (tertiary alicyclic amines) is 1. The number of carbonyl (C=O) groups is 1. The minimum Gasteiger partial charge on any atom is -0.455 e. The van der Waals surface area contributed by atoms with Crippen LogP contribution in [0.2, 0.25) is 0 Å². The first-order valence-corrected chi connectivity index (χ1v) is 9.17. The van der Waals surface area contributed by atoms with Crippen LogP contribution in [-0.2, 0) is 0 Å². The zero-order chi connectivity index (χ0) is 18.5. The summed E-state index contributed by atoms with van der Waals surface area (Å²) in [7, 11) is 0. The molecule has 4 rings (SSSR count). The van der Waals surface area contributed by atoms with Gasteiger partial charge in [-0.3, -0.25) is 5.10 Å². The molecule has 27 heavy (non-hydrogen) atoms. The van der Waals surface area contributed by atoms with E-state index in [9.17, 15) is 4.79 Å². The second-order valence-electron chi connectivity index (χ2n) is 6.64. The van der Waals surface area contributed by atoms with Gasteiger partial charge in [0.1, 0.15) is 5.75 Å². The van der Waals surface area contributed by atoms with Crippen LogP contribution >= 0.6 is 0 Å². The summed E-state index contributed by atoms with van der Waals surface area (Å²) in [5.74, 6) is 1.65. The molecular formula is C21H22N4O2. The van der Waals surface area contributed by atoms with E-state index < -0.39 is 0 Å². The number of anilines is 1. The van der Waals surface area contributed by atoms with Crippen LogP contribution in [0.3, 0.4) is 0 Å². The lowest BCUT2D eigenvalue weighted by Crippen LogP contribution is -2.41. The molecule has 1 fully saturated rings. The summed E-state index contributed by atoms with van der Waals surface area (Å²) in [6, 6.07) is 18.9. The van der Waals surface area contributed by atoms with E-state index in [1.807, 2.05) is 65.6 Å². The van der Waals surface area contributed by atoms with E-state index in [1.165, 1.54) is 0 Å². The highest BCUT2D eigenvalue weighted by molar-refractivity contribution is 5.91. The van der Waals surface area contributed by atoms with Crippen molar-refractivity contribution >= 4 is 11.7 Å². The number of H-pyrrole nitrogens is 1. The molecule has 0 saturated carbocycles. The Hall–Kier alpha value is -3.28. The molecule has 1 saturated heterocycles. The molecule has 0 unspecified atom stereocenters. The third kappa shape index (κ3) is 4.11. The minimum atomic E-state index is -0.108. The molecule has 138 valence electrons. The van der Waals surface area contributed by atoms with Crippen molar-refractivity contribution in [3.63, 3.8) is 0 Å². The van der Waals surface area contributed by atoms with Gasteiger partial charge in [-0.2, -0.15) is 5.10 Å². The fourth-order valence-electron chi connectivity index (χ4n) is 3.38. The van der Waals surface area contributed by atoms with Crippen molar-refractivity contribution in [3.8, 4) is 11.5 Å². The van der Waals surface area contributed by atoms with Gasteiger partial charge in [0.25, 0.3) is 0 Å². The predicted molar refractivity (Wildman–Crippen MR) is 104 cm³/mol. The average molecular weight is 362 g/mol. The van der Waals surface area contributed by atoms with Crippen LogP contribution in [0.4, 0.5) is 10.5 Å². The van der Waals surface area contributed by atoms with Crippen molar-refractivity contribution in [1.29, 1.82) is 0 Å². The van der Waals surface area contributed by atoms with Crippen molar-refractivity contribution in [1.82, 2.24) is 15.1 Å². The maximum Gasteiger partial charge on any atom is 0.321 e. The molecule has 1 aliphatic heterocycles. The number of aromatic amines is 1. The van der Waals surface area contributed by atoms with Gasteiger partial charge in [-0.05, 0) is 43.2 Å². The Morgan fingerprint density at radius 3 is 2.74 bits per heavy atom. The number of rotatable bonds is 4. The van der Waals surface area contributed by atoms with E-state index >= 15 is 0 Å². The van der Waals surface area contributed by atoms with Crippen LogP contribution in [0, 0.1) is 0 Å². The summed E-state index contributed by atoms with van der Waals surface area (Å²) in [5.41, 5.74) is 1.75. The standard InChI is InChI=1S/C21H22N4O2/c26-21(25-14-6-7-16(15-25)18-12-13-22-24-18)23-19-10-4-5-11-20(19)27-17-8-2-1-3-9-17/h1-5,8-13,16H,6-7,14-15H2,(H,22,24)(H,23,26)/t16-/m1/s1. The number of nitrogens with one attached hydrogen (secondary N) is 2. The number of urea groups is 1. The predicted octanol–water partition coefficient (Wildman–Crippen LogP) is 4.61. The van der Waals surface area contributed by atoms with E-state index in [1.54, 1.807) is 6.20 Å². The van der Waals surface area contributed by atoms with Crippen molar-refractivity contribution in [3.05, 3.63) is 72.6 Å². The number of para-hydroxylation sites is 3. The highest BCUT2D eigenvalue weighted by atomic mass is 16.5. The normalized spacial score (nSPS) is 16.7. The molecule has 0 radical (unpaired) electrons. The molecule has 0 bridgehead atoms. The number of nitrogens with zero attached hydrogens (tertiary/aromatic N) is 2. The zero-order valence-corrected chi connectivity index (χ0v) is 15.0. The van der Waals surface area contributed by atoms with E-state index in [-0.39, 0.29) is 6.03 Å². The van der Waals surface area contributed by atoms with Gasteiger partial charge in [0, 0.05) is 30.9 Å². The summed E-state index contributed by atoms with van der Waals surface area (Å²) in [6.45, 7) is 1.42. The summed E-state index contributed by atoms with van der Waals surface area (Å²) >= 11 is 0. The first kappa shape index (κ1) is 17.1. The maximum absolute atomic E-state index is 12.8. The Morgan fingerprint density at radius 2 is 1.93 bits per heavy atom. The highest BCUT2D eigenvalue weighted by Crippen LogP contribution is 2.30. The Balaban J connectivity index is 1.45. The van der Waals surface area contributed by atoms with Crippen LogP contribution < -0.4 is 10.1 Å². The van der Waals surface area contributed by atoms with Crippen LogP contribution in [0.15, 0.2) is 66.9 Å². The lowest BCUT2D eigenvalue weighted by Gasteiger charge is -2.32. The summed E-state index contributed by atoms with van der Waals surface area (Å²) in [6.07, 6.45) is 3.78. The van der Waals surface area contributed by atoms with Gasteiger partial charge in [0.2, 0.25) is 0 Å².